The highest BCUT2D eigenvalue weighted by molar-refractivity contribution is 9.10. The number of amides is 1. The van der Waals surface area contributed by atoms with E-state index in [-0.39, 0.29) is 11.7 Å². The normalized spacial score (nSPS) is 11.2. The maximum Gasteiger partial charge on any atom is 0.257 e. The van der Waals surface area contributed by atoms with Gasteiger partial charge in [0.15, 0.2) is 0 Å². The van der Waals surface area contributed by atoms with E-state index in [0.29, 0.717) is 21.8 Å². The third kappa shape index (κ3) is 4.81. The summed E-state index contributed by atoms with van der Waals surface area (Å²) in [5.41, 5.74) is 1.26. The minimum atomic E-state index is -3.63. The van der Waals surface area contributed by atoms with E-state index >= 15 is 0 Å². The van der Waals surface area contributed by atoms with E-state index in [1.807, 2.05) is 0 Å². The smallest absolute Gasteiger partial charge is 0.257 e. The van der Waals surface area contributed by atoms with Gasteiger partial charge in [0, 0.05) is 10.2 Å². The summed E-state index contributed by atoms with van der Waals surface area (Å²) in [6.07, 6.45) is 0. The average Bonchev–Trinajstić information content (AvgIpc) is 2.40. The molecule has 0 aliphatic carbocycles. The Kier molecular flexibility index (Phi) is 5.23. The monoisotopic (exact) mass is 402 g/mol. The van der Waals surface area contributed by atoms with Crippen molar-refractivity contribution >= 4 is 49.1 Å². The molecule has 0 saturated heterocycles. The number of halogens is 2. The van der Waals surface area contributed by atoms with Crippen molar-refractivity contribution in [2.75, 3.05) is 5.32 Å². The average molecular weight is 404 g/mol. The van der Waals surface area contributed by atoms with Crippen molar-refractivity contribution in [1.29, 1.82) is 0 Å². The largest absolute Gasteiger partial charge is 0.322 e. The number of sulfonamides is 1. The molecule has 2 aromatic rings. The number of rotatable bonds is 4. The van der Waals surface area contributed by atoms with Crippen molar-refractivity contribution < 1.29 is 13.2 Å². The molecule has 0 unspecified atom stereocenters. The summed E-state index contributed by atoms with van der Waals surface area (Å²) in [6, 6.07) is 11.4. The number of primary sulfonamides is 1. The van der Waals surface area contributed by atoms with Gasteiger partial charge in [0.2, 0.25) is 10.0 Å². The van der Waals surface area contributed by atoms with Crippen LogP contribution in [0.2, 0.25) is 5.02 Å². The van der Waals surface area contributed by atoms with E-state index in [1.54, 1.807) is 42.5 Å². The van der Waals surface area contributed by atoms with Crippen LogP contribution in [-0.4, -0.2) is 14.3 Å². The molecule has 0 aliphatic rings. The molecule has 3 N–H and O–H groups in total. The molecule has 116 valence electrons. The van der Waals surface area contributed by atoms with Crippen molar-refractivity contribution in [3.63, 3.8) is 0 Å². The summed E-state index contributed by atoms with van der Waals surface area (Å²) in [6.45, 7) is 0. The van der Waals surface area contributed by atoms with Crippen LogP contribution in [0.5, 0.6) is 0 Å². The van der Waals surface area contributed by atoms with Gasteiger partial charge in [-0.1, -0.05) is 39.7 Å². The van der Waals surface area contributed by atoms with Crippen LogP contribution in [0.4, 0.5) is 5.69 Å². The van der Waals surface area contributed by atoms with Gasteiger partial charge in [-0.15, -0.1) is 0 Å². The van der Waals surface area contributed by atoms with E-state index in [4.69, 9.17) is 16.7 Å². The predicted molar refractivity (Wildman–Crippen MR) is 90.4 cm³/mol. The highest BCUT2D eigenvalue weighted by atomic mass is 79.9. The molecule has 1 amide bonds. The summed E-state index contributed by atoms with van der Waals surface area (Å²) in [5, 5.41) is 8.00. The standard InChI is InChI=1S/C14H12BrClN2O3S/c15-10-4-5-13(16)12(7-10)14(19)18-11-3-1-2-9(6-11)8-22(17,20)21/h1-7H,8H2,(H,18,19)(H2,17,20,21). The molecule has 0 aromatic heterocycles. The second kappa shape index (κ2) is 6.78. The summed E-state index contributed by atoms with van der Waals surface area (Å²) in [7, 11) is -3.63. The maximum absolute atomic E-state index is 12.2. The Bertz CT molecular complexity index is 825. The second-order valence-corrected chi connectivity index (χ2v) is 7.52. The van der Waals surface area contributed by atoms with Gasteiger partial charge in [-0.25, -0.2) is 13.6 Å². The fraction of sp³-hybridized carbons (Fsp3) is 0.0714. The lowest BCUT2D eigenvalue weighted by Gasteiger charge is -2.08. The fourth-order valence-corrected chi connectivity index (χ4v) is 3.05. The van der Waals surface area contributed by atoms with Crippen LogP contribution in [0, 0.1) is 0 Å². The zero-order chi connectivity index (χ0) is 16.3. The Morgan fingerprint density at radius 1 is 1.23 bits per heavy atom. The minimum Gasteiger partial charge on any atom is -0.322 e. The molecule has 0 bridgehead atoms. The number of hydrogen-bond donors (Lipinski definition) is 2. The molecule has 0 atom stereocenters. The number of anilines is 1. The molecule has 8 heteroatoms. The first-order valence-electron chi connectivity index (χ1n) is 6.10. The summed E-state index contributed by atoms with van der Waals surface area (Å²) in [5.74, 6) is -0.687. The van der Waals surface area contributed by atoms with Gasteiger partial charge >= 0.3 is 0 Å². The van der Waals surface area contributed by atoms with Gasteiger partial charge in [0.25, 0.3) is 5.91 Å². The first-order chi connectivity index (χ1) is 10.2. The molecule has 0 aliphatic heterocycles. The summed E-state index contributed by atoms with van der Waals surface area (Å²) < 4.78 is 22.9. The summed E-state index contributed by atoms with van der Waals surface area (Å²) in [4.78, 5) is 12.2. The van der Waals surface area contributed by atoms with Gasteiger partial charge in [-0.05, 0) is 35.9 Å². The highest BCUT2D eigenvalue weighted by Gasteiger charge is 2.12. The Labute approximate surface area is 141 Å². The second-order valence-electron chi connectivity index (χ2n) is 4.59. The number of nitrogens with one attached hydrogen (secondary N) is 1. The third-order valence-corrected chi connectivity index (χ3v) is 4.28. The van der Waals surface area contributed by atoms with Crippen molar-refractivity contribution in [2.45, 2.75) is 5.75 Å². The van der Waals surface area contributed by atoms with Gasteiger partial charge in [0.05, 0.1) is 16.3 Å². The lowest BCUT2D eigenvalue weighted by Crippen LogP contribution is -2.15. The Morgan fingerprint density at radius 3 is 2.64 bits per heavy atom. The fourth-order valence-electron chi connectivity index (χ4n) is 1.84. The first-order valence-corrected chi connectivity index (χ1v) is 8.99. The maximum atomic E-state index is 12.2. The lowest BCUT2D eigenvalue weighted by molar-refractivity contribution is 0.102. The van der Waals surface area contributed by atoms with Gasteiger partial charge in [-0.2, -0.15) is 0 Å². The molecule has 0 radical (unpaired) electrons. The number of carbonyl (C=O) groups is 1. The molecular formula is C14H12BrClN2O3S. The van der Waals surface area contributed by atoms with Gasteiger partial charge in [-0.3, -0.25) is 4.79 Å². The zero-order valence-electron chi connectivity index (χ0n) is 11.2. The molecule has 0 fully saturated rings. The van der Waals surface area contributed by atoms with Gasteiger partial charge in [0.1, 0.15) is 0 Å². The molecule has 2 rings (SSSR count). The number of nitrogens with two attached hydrogens (primary N) is 1. The first kappa shape index (κ1) is 17.0. The van der Waals surface area contributed by atoms with Crippen LogP contribution >= 0.6 is 27.5 Å². The van der Waals surface area contributed by atoms with Crippen molar-refractivity contribution in [3.8, 4) is 0 Å². The topological polar surface area (TPSA) is 89.3 Å². The number of hydrogen-bond acceptors (Lipinski definition) is 3. The van der Waals surface area contributed by atoms with Crippen molar-refractivity contribution in [3.05, 3.63) is 63.1 Å². The highest BCUT2D eigenvalue weighted by Crippen LogP contribution is 2.22. The van der Waals surface area contributed by atoms with E-state index in [2.05, 4.69) is 21.2 Å². The van der Waals surface area contributed by atoms with E-state index in [0.717, 1.165) is 4.47 Å². The summed E-state index contributed by atoms with van der Waals surface area (Å²) >= 11 is 9.27. The van der Waals surface area contributed by atoms with Gasteiger partial charge < -0.3 is 5.32 Å². The SMILES string of the molecule is NS(=O)(=O)Cc1cccc(NC(=O)c2cc(Br)ccc2Cl)c1. The molecule has 22 heavy (non-hydrogen) atoms. The van der Waals surface area contributed by atoms with E-state index < -0.39 is 10.0 Å². The quantitative estimate of drug-likeness (QED) is 0.822. The van der Waals surface area contributed by atoms with E-state index in [1.165, 1.54) is 0 Å². The molecule has 2 aromatic carbocycles. The predicted octanol–water partition coefficient (Wildman–Crippen LogP) is 3.14. The minimum absolute atomic E-state index is 0.297. The molecule has 0 heterocycles. The molecule has 0 saturated carbocycles. The number of benzene rings is 2. The van der Waals surface area contributed by atoms with Crippen LogP contribution in [0.15, 0.2) is 46.9 Å². The van der Waals surface area contributed by atoms with Crippen LogP contribution in [0.1, 0.15) is 15.9 Å². The van der Waals surface area contributed by atoms with Crippen LogP contribution < -0.4 is 10.5 Å². The van der Waals surface area contributed by atoms with Crippen LogP contribution in [0.3, 0.4) is 0 Å². The zero-order valence-corrected chi connectivity index (χ0v) is 14.4. The van der Waals surface area contributed by atoms with Crippen LogP contribution in [0.25, 0.3) is 0 Å². The Hall–Kier alpha value is -1.41. The molecule has 0 spiro atoms. The van der Waals surface area contributed by atoms with Crippen LogP contribution in [-0.2, 0) is 15.8 Å². The van der Waals surface area contributed by atoms with E-state index in [9.17, 15) is 13.2 Å². The molecule has 5 nitrogen and oxygen atoms in total. The molecular weight excluding hydrogens is 392 g/mol. The van der Waals surface area contributed by atoms with Crippen molar-refractivity contribution in [1.82, 2.24) is 0 Å². The Balaban J connectivity index is 2.22. The van der Waals surface area contributed by atoms with Crippen molar-refractivity contribution in [2.24, 2.45) is 5.14 Å². The third-order valence-electron chi connectivity index (χ3n) is 2.73. The Morgan fingerprint density at radius 2 is 1.95 bits per heavy atom. The number of carbonyl (C=O) groups excluding carboxylic acids is 1. The lowest BCUT2D eigenvalue weighted by atomic mass is 10.2.